The normalized spacial score (nSPS) is 34.1. The van der Waals surface area contributed by atoms with Gasteiger partial charge in [-0.3, -0.25) is 29.0 Å². The molecule has 4 amide bonds. The molecule has 5 rings (SSSR count). The highest BCUT2D eigenvalue weighted by molar-refractivity contribution is 6.06. The van der Waals surface area contributed by atoms with Crippen LogP contribution in [-0.2, 0) is 19.2 Å². The Morgan fingerprint density at radius 2 is 1.13 bits per heavy atom. The van der Waals surface area contributed by atoms with Crippen LogP contribution < -0.4 is 0 Å². The van der Waals surface area contributed by atoms with E-state index in [2.05, 4.69) is 9.80 Å². The molecule has 6 unspecified atom stereocenters. The van der Waals surface area contributed by atoms with Crippen LogP contribution in [0.25, 0.3) is 0 Å². The van der Waals surface area contributed by atoms with Crippen LogP contribution in [0, 0.1) is 16.7 Å². The van der Waals surface area contributed by atoms with E-state index in [4.69, 9.17) is 20.4 Å². The molecule has 5 aliphatic rings. The van der Waals surface area contributed by atoms with Crippen LogP contribution in [-0.4, -0.2) is 160 Å². The molecular formula is C30H49F3N4O8. The SMILES string of the molecule is CC([18F])CN1C(=O)CC2(CCN(C)CC2)C1=O.CC1C(O)C(O)C([18F])[C@H](O)C1O.CN1CCC2(CC1)CC(=O)N(CC[18F])C2=O. The molecule has 4 N–H and O–H groups in total. The summed E-state index contributed by atoms with van der Waals surface area (Å²) >= 11 is 0. The average molecular weight is 648 g/mol. The number of aliphatic hydroxyl groups excluding tert-OH is 4. The van der Waals surface area contributed by atoms with Gasteiger partial charge >= 0.3 is 0 Å². The lowest BCUT2D eigenvalue weighted by atomic mass is 9.77. The fourth-order valence-electron chi connectivity index (χ4n) is 6.74. The molecule has 7 atom stereocenters. The van der Waals surface area contributed by atoms with E-state index in [1.54, 1.807) is 0 Å². The first-order valence-electron chi connectivity index (χ1n) is 15.6. The lowest BCUT2D eigenvalue weighted by Gasteiger charge is -2.39. The van der Waals surface area contributed by atoms with Crippen LogP contribution in [0.4, 0.5) is 13.2 Å². The van der Waals surface area contributed by atoms with E-state index in [-0.39, 0.29) is 49.6 Å². The molecule has 4 saturated heterocycles. The second-order valence-electron chi connectivity index (χ2n) is 13.4. The standard InChI is InChI=1S/C12H19FN2O2.C11H17FN2O2.C7H13FO4/c1-9(13)8-15-10(16)7-12(11(15)17)3-5-14(2)6-4-12;1-13-5-2-11(3-6-13)8-9(15)14(7-4-12)10(11)16;1-2-4(9)6(11)3(8)7(12)5(2)10/h9H,3-8H2,1-2H3;2-8H2,1H3;2-7,9-12H,1H3/t;;2?,3?,4?,5?,6-,7?/m..0/s1/i13-1;12-1;8-1. The number of imide groups is 2. The lowest BCUT2D eigenvalue weighted by molar-refractivity contribution is -0.179. The molecule has 2 spiro atoms. The van der Waals surface area contributed by atoms with E-state index in [1.165, 1.54) is 13.8 Å². The smallest absolute Gasteiger partial charge is 0.236 e. The predicted molar refractivity (Wildman–Crippen MR) is 156 cm³/mol. The summed E-state index contributed by atoms with van der Waals surface area (Å²) in [6.07, 6.45) is -5.58. The van der Waals surface area contributed by atoms with Crippen molar-refractivity contribution in [1.29, 1.82) is 0 Å². The molecule has 0 bridgehead atoms. The second-order valence-corrected chi connectivity index (χ2v) is 13.4. The number of carbonyl (C=O) groups excluding carboxylic acids is 4. The molecule has 0 radical (unpaired) electrons. The molecule has 1 aliphatic carbocycles. The third kappa shape index (κ3) is 8.04. The maximum atomic E-state index is 13.0. The Hall–Kier alpha value is -2.17. The van der Waals surface area contributed by atoms with Crippen molar-refractivity contribution in [3.05, 3.63) is 0 Å². The molecule has 5 fully saturated rings. The van der Waals surface area contributed by atoms with Crippen molar-refractivity contribution in [2.75, 3.05) is 60.0 Å². The first kappa shape index (κ1) is 37.3. The average Bonchev–Trinajstić information content (AvgIpc) is 3.37. The fourth-order valence-corrected chi connectivity index (χ4v) is 6.74. The topological polar surface area (TPSA) is 162 Å². The first-order chi connectivity index (χ1) is 21.0. The number of hydrogen-bond donors (Lipinski definition) is 4. The Morgan fingerprint density at radius 3 is 1.51 bits per heavy atom. The van der Waals surface area contributed by atoms with Crippen LogP contribution in [0.2, 0.25) is 0 Å². The van der Waals surface area contributed by atoms with Crippen LogP contribution in [0.5, 0.6) is 0 Å². The number of likely N-dealkylation sites (tertiary alicyclic amines) is 4. The fraction of sp³-hybridized carbons (Fsp3) is 0.867. The van der Waals surface area contributed by atoms with E-state index in [9.17, 15) is 32.3 Å². The van der Waals surface area contributed by atoms with Gasteiger partial charge in [-0.1, -0.05) is 6.92 Å². The third-order valence-electron chi connectivity index (χ3n) is 10.0. The Morgan fingerprint density at radius 1 is 0.756 bits per heavy atom. The number of amides is 4. The van der Waals surface area contributed by atoms with Gasteiger partial charge < -0.3 is 30.2 Å². The summed E-state index contributed by atoms with van der Waals surface area (Å²) in [5.74, 6) is -1.43. The van der Waals surface area contributed by atoms with Crippen molar-refractivity contribution >= 4 is 23.6 Å². The molecule has 4 heterocycles. The van der Waals surface area contributed by atoms with Gasteiger partial charge in [-0.2, -0.15) is 0 Å². The van der Waals surface area contributed by atoms with Gasteiger partial charge in [0, 0.05) is 18.8 Å². The van der Waals surface area contributed by atoms with Crippen LogP contribution in [0.3, 0.4) is 0 Å². The van der Waals surface area contributed by atoms with Crippen molar-refractivity contribution in [2.45, 2.75) is 89.1 Å². The Kier molecular flexibility index (Phi) is 12.6. The number of halogens is 3. The largest absolute Gasteiger partial charge is 0.390 e. The van der Waals surface area contributed by atoms with Gasteiger partial charge in [0.25, 0.3) is 0 Å². The molecule has 15 heteroatoms. The van der Waals surface area contributed by atoms with Gasteiger partial charge in [0.2, 0.25) is 23.6 Å². The molecule has 12 nitrogen and oxygen atoms in total. The van der Waals surface area contributed by atoms with E-state index in [0.29, 0.717) is 12.8 Å². The lowest BCUT2D eigenvalue weighted by Crippen LogP contribution is -2.58. The van der Waals surface area contributed by atoms with Gasteiger partial charge in [-0.05, 0) is 72.9 Å². The Balaban J connectivity index is 0.000000187. The zero-order valence-electron chi connectivity index (χ0n) is 26.6. The summed E-state index contributed by atoms with van der Waals surface area (Å²) in [6, 6.07) is 0. The number of aliphatic hydroxyl groups is 4. The molecule has 1 saturated carbocycles. The number of alkyl halides is 3. The molecule has 0 aromatic carbocycles. The predicted octanol–water partition coefficient (Wildman–Crippen LogP) is -0.340. The summed E-state index contributed by atoms with van der Waals surface area (Å²) < 4.78 is 38.0. The third-order valence-corrected chi connectivity index (χ3v) is 10.0. The van der Waals surface area contributed by atoms with Gasteiger partial charge in [0.1, 0.15) is 25.1 Å². The minimum atomic E-state index is -1.98. The number of nitrogens with zero attached hydrogens (tertiary/aromatic N) is 4. The highest BCUT2D eigenvalue weighted by Crippen LogP contribution is 2.43. The minimum Gasteiger partial charge on any atom is -0.390 e. The summed E-state index contributed by atoms with van der Waals surface area (Å²) in [4.78, 5) is 54.4. The van der Waals surface area contributed by atoms with E-state index < -0.39 is 60.2 Å². The quantitative estimate of drug-likeness (QED) is 0.297. The molecule has 0 aromatic heterocycles. The maximum absolute atomic E-state index is 13.0. The second kappa shape index (κ2) is 15.2. The van der Waals surface area contributed by atoms with E-state index >= 15 is 0 Å². The van der Waals surface area contributed by atoms with Gasteiger partial charge in [-0.15, -0.1) is 0 Å². The van der Waals surface area contributed by atoms with Crippen molar-refractivity contribution in [2.24, 2.45) is 16.7 Å². The van der Waals surface area contributed by atoms with Crippen molar-refractivity contribution in [1.82, 2.24) is 19.6 Å². The summed E-state index contributed by atoms with van der Waals surface area (Å²) in [7, 11) is 4.02. The van der Waals surface area contributed by atoms with Crippen molar-refractivity contribution < 1.29 is 52.8 Å². The minimum absolute atomic E-state index is 0.0742. The molecule has 258 valence electrons. The number of piperidine rings is 2. The number of rotatable bonds is 4. The van der Waals surface area contributed by atoms with Gasteiger partial charge in [0.05, 0.1) is 36.1 Å². The summed E-state index contributed by atoms with van der Waals surface area (Å²) in [5, 5.41) is 36.3. The molecule has 4 aliphatic heterocycles. The van der Waals surface area contributed by atoms with Gasteiger partial charge in [0.15, 0.2) is 6.17 Å². The highest BCUT2D eigenvalue weighted by atomic mass is 18.2. The molecule has 0 aromatic rings. The van der Waals surface area contributed by atoms with E-state index in [0.717, 1.165) is 48.8 Å². The first-order valence-corrected chi connectivity index (χ1v) is 15.6. The zero-order chi connectivity index (χ0) is 33.9. The maximum Gasteiger partial charge on any atom is 0.236 e. The number of hydrogen-bond acceptors (Lipinski definition) is 10. The molecular weight excluding hydrogens is 598 g/mol. The highest BCUT2D eigenvalue weighted by Gasteiger charge is 2.53. The monoisotopic (exact) mass is 647 g/mol. The van der Waals surface area contributed by atoms with Crippen LogP contribution >= 0.6 is 0 Å². The zero-order valence-corrected chi connectivity index (χ0v) is 26.6. The Bertz CT molecular complexity index is 1010. The van der Waals surface area contributed by atoms with Crippen molar-refractivity contribution in [3.8, 4) is 0 Å². The Labute approximate surface area is 262 Å². The van der Waals surface area contributed by atoms with Crippen LogP contribution in [0.1, 0.15) is 52.4 Å². The van der Waals surface area contributed by atoms with Gasteiger partial charge in [-0.25, -0.2) is 13.2 Å². The summed E-state index contributed by atoms with van der Waals surface area (Å²) in [5.41, 5.74) is -1.04. The molecule has 45 heavy (non-hydrogen) atoms. The van der Waals surface area contributed by atoms with Crippen molar-refractivity contribution in [3.63, 3.8) is 0 Å². The summed E-state index contributed by atoms with van der Waals surface area (Å²) in [6.45, 7) is 5.34. The van der Waals surface area contributed by atoms with E-state index in [1.807, 2.05) is 14.1 Å². The van der Waals surface area contributed by atoms with Crippen LogP contribution in [0.15, 0.2) is 0 Å². The number of carbonyl (C=O) groups is 4.